The van der Waals surface area contributed by atoms with Gasteiger partial charge in [0.1, 0.15) is 6.54 Å². The summed E-state index contributed by atoms with van der Waals surface area (Å²) in [6.07, 6.45) is 17.8. The van der Waals surface area contributed by atoms with Crippen molar-refractivity contribution in [1.29, 1.82) is 0 Å². The van der Waals surface area contributed by atoms with Gasteiger partial charge in [-0.05, 0) is 57.8 Å². The second-order valence-electron chi connectivity index (χ2n) is 6.07. The van der Waals surface area contributed by atoms with Crippen LogP contribution in [0.4, 0.5) is 0 Å². The van der Waals surface area contributed by atoms with Gasteiger partial charge in [-0.3, -0.25) is 9.69 Å². The predicted octanol–water partition coefficient (Wildman–Crippen LogP) is -1.87. The van der Waals surface area contributed by atoms with Gasteiger partial charge in [-0.1, -0.05) is 0 Å². The molecule has 3 saturated heterocycles. The molecule has 2 aliphatic carbocycles. The molecule has 0 aromatic heterocycles. The van der Waals surface area contributed by atoms with Gasteiger partial charge in [0, 0.05) is 19.6 Å². The first-order valence-electron chi connectivity index (χ1n) is 7.77. The summed E-state index contributed by atoms with van der Waals surface area (Å²) in [7, 11) is 0. The van der Waals surface area contributed by atoms with Gasteiger partial charge in [0.25, 0.3) is 0 Å². The van der Waals surface area contributed by atoms with Crippen LogP contribution in [0.15, 0.2) is 0 Å². The average molecular weight is 375 g/mol. The Balaban J connectivity index is 0.000000328. The molecule has 3 aliphatic heterocycles. The molecule has 3 heterocycles. The Morgan fingerprint density at radius 1 is 0.870 bits per heavy atom. The van der Waals surface area contributed by atoms with Crippen molar-refractivity contribution in [2.75, 3.05) is 45.8 Å². The molecule has 124 valence electrons. The minimum atomic E-state index is 0. The zero-order valence-electron chi connectivity index (χ0n) is 13.2. The standard InChI is InChI=1S/C13H18N2O.C5H5.ClH.Fe/c16-13(12-3-1-2-4-12)11-15-8-5-14(6-9-15)7-10-15;1-2-4-5-3-1;;/h1-4H,5-11H2;1-5H;1H;/q+1;;;+2/p-1. The molecule has 0 unspecified atom stereocenters. The SMILES string of the molecule is O=C(C[N+]12CCN(CC1)CC2)[C]1[CH][CH][CH][CH]1.[CH]1[CH][CH][CH][CH]1.[Cl-].[Fe+2]. The van der Waals surface area contributed by atoms with Crippen molar-refractivity contribution in [2.45, 2.75) is 0 Å². The number of fused-ring (bicyclic) bond motifs is 3. The zero-order chi connectivity index (χ0) is 14.5. The van der Waals surface area contributed by atoms with Crippen molar-refractivity contribution in [3.63, 3.8) is 0 Å². The van der Waals surface area contributed by atoms with E-state index in [1.165, 1.54) is 19.6 Å². The number of ketones is 1. The summed E-state index contributed by atoms with van der Waals surface area (Å²) in [4.78, 5) is 14.6. The van der Waals surface area contributed by atoms with Crippen molar-refractivity contribution in [1.82, 2.24) is 4.90 Å². The van der Waals surface area contributed by atoms with Crippen LogP contribution in [0.25, 0.3) is 0 Å². The quantitative estimate of drug-likeness (QED) is 0.426. The van der Waals surface area contributed by atoms with Crippen LogP contribution >= 0.6 is 0 Å². The number of hydrogen-bond acceptors (Lipinski definition) is 2. The number of piperazine rings is 3. The third-order valence-electron chi connectivity index (χ3n) is 4.69. The number of halogens is 1. The molecule has 2 saturated carbocycles. The van der Waals surface area contributed by atoms with Crippen LogP contribution in [0.2, 0.25) is 0 Å². The van der Waals surface area contributed by atoms with E-state index in [1.807, 2.05) is 57.8 Å². The Labute approximate surface area is 159 Å². The van der Waals surface area contributed by atoms with Crippen molar-refractivity contribution in [2.24, 2.45) is 0 Å². The van der Waals surface area contributed by atoms with E-state index in [2.05, 4.69) is 4.90 Å². The maximum atomic E-state index is 12.1. The molecule has 0 N–H and O–H groups in total. The monoisotopic (exact) mass is 374 g/mol. The number of hydrogen-bond donors (Lipinski definition) is 0. The van der Waals surface area contributed by atoms with E-state index in [0.29, 0.717) is 12.3 Å². The van der Waals surface area contributed by atoms with E-state index in [4.69, 9.17) is 0 Å². The van der Waals surface area contributed by atoms with Gasteiger partial charge in [0.15, 0.2) is 5.78 Å². The van der Waals surface area contributed by atoms with E-state index in [1.54, 1.807) is 0 Å². The van der Waals surface area contributed by atoms with Crippen molar-refractivity contribution in [3.05, 3.63) is 63.7 Å². The average Bonchev–Trinajstić information content (AvgIpc) is 3.25. The fourth-order valence-electron chi connectivity index (χ4n) is 3.25. The molecular weight excluding hydrogens is 352 g/mol. The van der Waals surface area contributed by atoms with Crippen molar-refractivity contribution in [3.8, 4) is 0 Å². The Kier molecular flexibility index (Phi) is 9.70. The molecule has 10 radical (unpaired) electrons. The van der Waals surface area contributed by atoms with Crippen LogP contribution in [0.5, 0.6) is 0 Å². The smallest absolute Gasteiger partial charge is 1.00 e. The second-order valence-corrected chi connectivity index (χ2v) is 6.07. The Bertz CT molecular complexity index is 328. The van der Waals surface area contributed by atoms with E-state index >= 15 is 0 Å². The van der Waals surface area contributed by atoms with Gasteiger partial charge < -0.3 is 16.9 Å². The molecular formula is C18H23ClFeN2O+2. The maximum Gasteiger partial charge on any atom is 2.00 e. The molecule has 3 nitrogen and oxygen atoms in total. The minimum Gasteiger partial charge on any atom is -1.00 e. The Morgan fingerprint density at radius 2 is 1.30 bits per heavy atom. The number of carbonyl (C=O) groups excluding carboxylic acids is 1. The third-order valence-corrected chi connectivity index (χ3v) is 4.69. The summed E-state index contributed by atoms with van der Waals surface area (Å²) in [5.74, 6) is 1.21. The molecule has 0 spiro atoms. The molecule has 5 aliphatic rings. The van der Waals surface area contributed by atoms with Gasteiger partial charge in [-0.15, -0.1) is 0 Å². The number of carbonyl (C=O) groups is 1. The van der Waals surface area contributed by atoms with Crippen LogP contribution in [0.1, 0.15) is 0 Å². The summed E-state index contributed by atoms with van der Waals surface area (Å²) in [6.45, 7) is 7.71. The molecule has 23 heavy (non-hydrogen) atoms. The van der Waals surface area contributed by atoms with E-state index in [0.717, 1.165) is 30.0 Å². The van der Waals surface area contributed by atoms with Gasteiger partial charge in [-0.2, -0.15) is 0 Å². The van der Waals surface area contributed by atoms with Gasteiger partial charge in [0.2, 0.25) is 0 Å². The van der Waals surface area contributed by atoms with Crippen LogP contribution in [0.3, 0.4) is 0 Å². The molecule has 5 fully saturated rings. The van der Waals surface area contributed by atoms with Crippen molar-refractivity contribution < 1.29 is 38.8 Å². The summed E-state index contributed by atoms with van der Waals surface area (Å²) in [6, 6.07) is 0. The van der Waals surface area contributed by atoms with Gasteiger partial charge in [-0.25, -0.2) is 0 Å². The number of Topliss-reactive ketones (excluding diaryl/α,β-unsaturated/α-hetero) is 1. The first-order chi connectivity index (χ1) is 10.3. The molecule has 5 heteroatoms. The summed E-state index contributed by atoms with van der Waals surface area (Å²) < 4.78 is 1.03. The predicted molar refractivity (Wildman–Crippen MR) is 83.1 cm³/mol. The number of nitrogens with zero attached hydrogens (tertiary/aromatic N) is 2. The molecule has 0 aromatic rings. The molecule has 0 amide bonds. The summed E-state index contributed by atoms with van der Waals surface area (Å²) >= 11 is 0. The minimum absolute atomic E-state index is 0. The van der Waals surface area contributed by atoms with Crippen LogP contribution < -0.4 is 12.4 Å². The summed E-state index contributed by atoms with van der Waals surface area (Å²) in [5.41, 5.74) is 0. The van der Waals surface area contributed by atoms with E-state index < -0.39 is 0 Å². The Morgan fingerprint density at radius 3 is 1.74 bits per heavy atom. The van der Waals surface area contributed by atoms with E-state index in [9.17, 15) is 4.79 Å². The largest absolute Gasteiger partial charge is 2.00 e. The van der Waals surface area contributed by atoms with Gasteiger partial charge in [0.05, 0.1) is 25.6 Å². The first-order valence-corrected chi connectivity index (χ1v) is 7.77. The third kappa shape index (κ3) is 6.00. The molecule has 0 atom stereocenters. The van der Waals surface area contributed by atoms with Crippen LogP contribution in [0, 0.1) is 63.7 Å². The van der Waals surface area contributed by atoms with Crippen LogP contribution in [-0.4, -0.2) is 61.0 Å². The fourth-order valence-corrected chi connectivity index (χ4v) is 3.25. The zero-order valence-corrected chi connectivity index (χ0v) is 15.0. The molecule has 0 aromatic carbocycles. The first kappa shape index (κ1) is 21.4. The second kappa shape index (κ2) is 10.4. The maximum absolute atomic E-state index is 12.1. The van der Waals surface area contributed by atoms with E-state index in [-0.39, 0.29) is 29.5 Å². The topological polar surface area (TPSA) is 20.3 Å². The number of rotatable bonds is 3. The molecule has 2 bridgehead atoms. The Hall–Kier alpha value is 0.399. The van der Waals surface area contributed by atoms with Crippen molar-refractivity contribution >= 4 is 5.78 Å². The summed E-state index contributed by atoms with van der Waals surface area (Å²) in [5, 5.41) is 0. The van der Waals surface area contributed by atoms with Crippen LogP contribution in [-0.2, 0) is 21.9 Å². The normalized spacial score (nSPS) is 32.4. The number of quaternary nitrogens is 1. The molecule has 5 rings (SSSR count). The fraction of sp³-hybridized carbons (Fsp3) is 0.389. The van der Waals surface area contributed by atoms with Gasteiger partial charge >= 0.3 is 17.1 Å².